The Morgan fingerprint density at radius 3 is 2.42 bits per heavy atom. The maximum Gasteiger partial charge on any atom is 0.319 e. The van der Waals surface area contributed by atoms with Crippen LogP contribution >= 0.6 is 24.0 Å². The molecule has 0 aliphatic heterocycles. The van der Waals surface area contributed by atoms with E-state index in [1.54, 1.807) is 7.11 Å². The number of hydrogen-bond acceptors (Lipinski definition) is 3. The van der Waals surface area contributed by atoms with Gasteiger partial charge in [-0.2, -0.15) is 0 Å². The highest BCUT2D eigenvalue weighted by Crippen LogP contribution is 2.40. The first kappa shape index (κ1) is 27.5. The van der Waals surface area contributed by atoms with Gasteiger partial charge in [0.05, 0.1) is 6.54 Å². The van der Waals surface area contributed by atoms with E-state index >= 15 is 0 Å². The average Bonchev–Trinajstić information content (AvgIpc) is 3.18. The molecule has 0 heterocycles. The van der Waals surface area contributed by atoms with Crippen LogP contribution in [0.1, 0.15) is 58.4 Å². The van der Waals surface area contributed by atoms with Crippen molar-refractivity contribution >= 4 is 41.7 Å². The molecule has 0 atom stereocenters. The van der Waals surface area contributed by atoms with Gasteiger partial charge in [-0.15, -0.1) is 24.0 Å². The van der Waals surface area contributed by atoms with Crippen molar-refractivity contribution in [3.8, 4) is 0 Å². The van der Waals surface area contributed by atoms with E-state index in [2.05, 4.69) is 28.2 Å². The number of halogens is 1. The lowest BCUT2D eigenvalue weighted by atomic mass is 9.83. The zero-order valence-electron chi connectivity index (χ0n) is 19.4. The van der Waals surface area contributed by atoms with Gasteiger partial charge >= 0.3 is 6.03 Å². The van der Waals surface area contributed by atoms with E-state index in [-0.39, 0.29) is 36.0 Å². The van der Waals surface area contributed by atoms with Crippen molar-refractivity contribution in [2.24, 2.45) is 10.4 Å². The molecule has 1 fully saturated rings. The summed E-state index contributed by atoms with van der Waals surface area (Å²) in [4.78, 5) is 16.5. The third-order valence-corrected chi connectivity index (χ3v) is 5.53. The van der Waals surface area contributed by atoms with Gasteiger partial charge in [0.25, 0.3) is 0 Å². The van der Waals surface area contributed by atoms with Crippen LogP contribution in [0.15, 0.2) is 29.3 Å². The summed E-state index contributed by atoms with van der Waals surface area (Å²) in [5, 5.41) is 12.6. The van der Waals surface area contributed by atoms with Crippen LogP contribution in [-0.4, -0.2) is 44.8 Å². The van der Waals surface area contributed by atoms with E-state index in [1.807, 2.05) is 38.1 Å². The van der Waals surface area contributed by atoms with Crippen LogP contribution in [0.3, 0.4) is 0 Å². The van der Waals surface area contributed by atoms with E-state index in [0.717, 1.165) is 43.3 Å². The molecule has 176 valence electrons. The number of nitrogens with one attached hydrogen (secondary N) is 4. The van der Waals surface area contributed by atoms with Crippen LogP contribution in [0.5, 0.6) is 0 Å². The Balaban J connectivity index is 0.00000480. The molecule has 7 nitrogen and oxygen atoms in total. The number of carbonyl (C=O) groups excluding carboxylic acids is 1. The van der Waals surface area contributed by atoms with Gasteiger partial charge in [-0.05, 0) is 63.1 Å². The number of urea groups is 1. The normalized spacial score (nSPS) is 15.3. The molecule has 8 heteroatoms. The van der Waals surface area contributed by atoms with Crippen LogP contribution in [-0.2, 0) is 11.3 Å². The van der Waals surface area contributed by atoms with E-state index in [9.17, 15) is 4.79 Å². The fraction of sp³-hybridized carbons (Fsp3) is 0.652. The minimum absolute atomic E-state index is 0. The van der Waals surface area contributed by atoms with Crippen molar-refractivity contribution in [1.82, 2.24) is 16.0 Å². The molecule has 0 unspecified atom stereocenters. The number of aliphatic imine (C=N–C) groups is 1. The molecule has 2 rings (SSSR count). The fourth-order valence-electron chi connectivity index (χ4n) is 3.86. The van der Waals surface area contributed by atoms with Gasteiger partial charge in [0.1, 0.15) is 0 Å². The molecule has 0 spiro atoms. The lowest BCUT2D eigenvalue weighted by molar-refractivity contribution is 0.138. The van der Waals surface area contributed by atoms with Crippen LogP contribution in [0.2, 0.25) is 0 Å². The summed E-state index contributed by atoms with van der Waals surface area (Å²) < 4.78 is 5.34. The number of methoxy groups -OCH3 is 1. The summed E-state index contributed by atoms with van der Waals surface area (Å²) in [7, 11) is 1.78. The lowest BCUT2D eigenvalue weighted by Crippen LogP contribution is -2.43. The second kappa shape index (κ2) is 14.5. The molecule has 2 amide bonds. The molecule has 1 aliphatic rings. The molecule has 0 saturated heterocycles. The number of carbonyl (C=O) groups is 1. The Kier molecular flexibility index (Phi) is 12.9. The number of nitrogens with zero attached hydrogens (tertiary/aromatic N) is 1. The number of ether oxygens (including phenoxy) is 1. The average molecular weight is 546 g/mol. The second-order valence-corrected chi connectivity index (χ2v) is 8.45. The minimum Gasteiger partial charge on any atom is -0.385 e. The summed E-state index contributed by atoms with van der Waals surface area (Å²) in [5.41, 5.74) is 2.18. The molecule has 0 aromatic heterocycles. The Labute approximate surface area is 204 Å². The maximum absolute atomic E-state index is 11.8. The first-order chi connectivity index (χ1) is 14.5. The van der Waals surface area contributed by atoms with Gasteiger partial charge < -0.3 is 26.0 Å². The van der Waals surface area contributed by atoms with Gasteiger partial charge in [-0.25, -0.2) is 9.79 Å². The highest BCUT2D eigenvalue weighted by atomic mass is 127. The van der Waals surface area contributed by atoms with Gasteiger partial charge in [-0.3, -0.25) is 0 Å². The van der Waals surface area contributed by atoms with Crippen molar-refractivity contribution in [2.45, 2.75) is 65.5 Å². The SMILES string of the molecule is CCNC(=NCc1ccc(NC(=O)NC(C)C)cc1)NCC1(CCOC)CCCC1.I. The molecule has 1 aliphatic carbocycles. The molecule has 4 N–H and O–H groups in total. The molecule has 1 saturated carbocycles. The van der Waals surface area contributed by atoms with Crippen LogP contribution < -0.4 is 21.3 Å². The predicted octanol–water partition coefficient (Wildman–Crippen LogP) is 4.49. The van der Waals surface area contributed by atoms with Crippen molar-refractivity contribution in [2.75, 3.05) is 32.1 Å². The van der Waals surface area contributed by atoms with Crippen molar-refractivity contribution < 1.29 is 9.53 Å². The summed E-state index contributed by atoms with van der Waals surface area (Å²) in [6.07, 6.45) is 6.20. The van der Waals surface area contributed by atoms with Gasteiger partial charge in [0, 0.05) is 38.5 Å². The fourth-order valence-corrected chi connectivity index (χ4v) is 3.86. The zero-order chi connectivity index (χ0) is 21.8. The second-order valence-electron chi connectivity index (χ2n) is 8.45. The summed E-state index contributed by atoms with van der Waals surface area (Å²) in [6.45, 7) is 9.09. The van der Waals surface area contributed by atoms with Crippen molar-refractivity contribution in [3.05, 3.63) is 29.8 Å². The van der Waals surface area contributed by atoms with Crippen LogP contribution in [0.4, 0.5) is 10.5 Å². The first-order valence-corrected chi connectivity index (χ1v) is 11.1. The van der Waals surface area contributed by atoms with E-state index in [4.69, 9.17) is 9.73 Å². The Hall–Kier alpha value is -1.55. The number of hydrogen-bond donors (Lipinski definition) is 4. The largest absolute Gasteiger partial charge is 0.385 e. The predicted molar refractivity (Wildman–Crippen MR) is 139 cm³/mol. The molecule has 1 aromatic carbocycles. The molecule has 0 radical (unpaired) electrons. The number of benzene rings is 1. The van der Waals surface area contributed by atoms with Crippen molar-refractivity contribution in [3.63, 3.8) is 0 Å². The lowest BCUT2D eigenvalue weighted by Gasteiger charge is -2.30. The topological polar surface area (TPSA) is 86.8 Å². The van der Waals surface area contributed by atoms with E-state index < -0.39 is 0 Å². The Morgan fingerprint density at radius 2 is 1.84 bits per heavy atom. The van der Waals surface area contributed by atoms with Gasteiger partial charge in [0.2, 0.25) is 0 Å². The standard InChI is InChI=1S/C23H39N5O2.HI/c1-5-24-21(26-17-23(14-15-30-4)12-6-7-13-23)25-16-19-8-10-20(11-9-19)28-22(29)27-18(2)3;/h8-11,18H,5-7,12-17H2,1-4H3,(H2,24,25,26)(H2,27,28,29);1H. The third-order valence-electron chi connectivity index (χ3n) is 5.53. The smallest absolute Gasteiger partial charge is 0.319 e. The monoisotopic (exact) mass is 545 g/mol. The third kappa shape index (κ3) is 10.1. The van der Waals surface area contributed by atoms with E-state index in [0.29, 0.717) is 12.0 Å². The summed E-state index contributed by atoms with van der Waals surface area (Å²) in [5.74, 6) is 0.847. The summed E-state index contributed by atoms with van der Waals surface area (Å²) >= 11 is 0. The zero-order valence-corrected chi connectivity index (χ0v) is 21.8. The highest BCUT2D eigenvalue weighted by Gasteiger charge is 2.33. The number of rotatable bonds is 10. The number of amides is 2. The number of guanidine groups is 1. The summed E-state index contributed by atoms with van der Waals surface area (Å²) in [6, 6.07) is 7.72. The van der Waals surface area contributed by atoms with Gasteiger partial charge in [0.15, 0.2) is 5.96 Å². The van der Waals surface area contributed by atoms with Crippen LogP contribution in [0.25, 0.3) is 0 Å². The molecular weight excluding hydrogens is 505 g/mol. The Bertz CT molecular complexity index is 673. The Morgan fingerprint density at radius 1 is 1.16 bits per heavy atom. The van der Waals surface area contributed by atoms with E-state index in [1.165, 1.54) is 25.7 Å². The molecular formula is C23H40IN5O2. The first-order valence-electron chi connectivity index (χ1n) is 11.1. The quantitative estimate of drug-likeness (QED) is 0.198. The molecule has 0 bridgehead atoms. The maximum atomic E-state index is 11.8. The highest BCUT2D eigenvalue weighted by molar-refractivity contribution is 14.0. The van der Waals surface area contributed by atoms with Crippen molar-refractivity contribution in [1.29, 1.82) is 0 Å². The minimum atomic E-state index is -0.191. The molecule has 1 aromatic rings. The molecule has 31 heavy (non-hydrogen) atoms. The van der Waals surface area contributed by atoms with Crippen LogP contribution in [0, 0.1) is 5.41 Å². The van der Waals surface area contributed by atoms with Gasteiger partial charge in [-0.1, -0.05) is 25.0 Å². The number of anilines is 1.